The second-order valence-electron chi connectivity index (χ2n) is 4.21. The molecule has 0 aliphatic heterocycles. The molecule has 0 aliphatic carbocycles. The van der Waals surface area contributed by atoms with E-state index in [0.717, 1.165) is 11.5 Å². The Hall–Kier alpha value is -2.02. The highest BCUT2D eigenvalue weighted by atomic mass is 15.3. The molecule has 0 N–H and O–H groups in total. The molecule has 0 heterocycles. The van der Waals surface area contributed by atoms with Gasteiger partial charge in [0, 0.05) is 28.2 Å². The smallest absolute Gasteiger partial charge is 0.195 e. The van der Waals surface area contributed by atoms with Crippen molar-refractivity contribution in [3.8, 4) is 6.07 Å². The van der Waals surface area contributed by atoms with Crippen molar-refractivity contribution < 1.29 is 0 Å². The van der Waals surface area contributed by atoms with Gasteiger partial charge in [0.2, 0.25) is 0 Å². The lowest BCUT2D eigenvalue weighted by molar-refractivity contribution is 0.479. The molecule has 0 saturated carbocycles. The number of hydrogen-bond acceptors (Lipinski definition) is 2. The third-order valence-corrected chi connectivity index (χ3v) is 2.29. The molecule has 4 nitrogen and oxygen atoms in total. The van der Waals surface area contributed by atoms with Gasteiger partial charge in [0.25, 0.3) is 0 Å². The van der Waals surface area contributed by atoms with E-state index >= 15 is 0 Å². The summed E-state index contributed by atoms with van der Waals surface area (Å²) in [5, 5.41) is 8.70. The van der Waals surface area contributed by atoms with Gasteiger partial charge in [-0.1, -0.05) is 12.1 Å². The number of aliphatic imine (C=N–C) groups is 1. The molecule has 17 heavy (non-hydrogen) atoms. The molecule has 0 saturated heterocycles. The van der Waals surface area contributed by atoms with E-state index in [1.165, 1.54) is 0 Å². The van der Waals surface area contributed by atoms with Crippen LogP contribution in [0.5, 0.6) is 0 Å². The molecule has 0 unspecified atom stereocenters. The zero-order chi connectivity index (χ0) is 12.8. The Morgan fingerprint density at radius 2 is 1.65 bits per heavy atom. The predicted molar refractivity (Wildman–Crippen MR) is 69.7 cm³/mol. The van der Waals surface area contributed by atoms with Gasteiger partial charge in [-0.25, -0.2) is 4.99 Å². The maximum atomic E-state index is 8.70. The first-order chi connectivity index (χ1) is 8.04. The highest BCUT2D eigenvalue weighted by Gasteiger charge is 2.03. The molecule has 0 amide bonds. The number of guanidine groups is 1. The fourth-order valence-electron chi connectivity index (χ4n) is 1.53. The topological polar surface area (TPSA) is 42.6 Å². The summed E-state index contributed by atoms with van der Waals surface area (Å²) in [7, 11) is 7.88. The molecule has 0 aliphatic rings. The Kier molecular flexibility index (Phi) is 4.53. The second kappa shape index (κ2) is 5.90. The summed E-state index contributed by atoms with van der Waals surface area (Å²) in [6.07, 6.45) is 0. The van der Waals surface area contributed by atoms with Gasteiger partial charge in [-0.15, -0.1) is 0 Å². The average molecular weight is 230 g/mol. The molecule has 1 aromatic rings. The zero-order valence-corrected chi connectivity index (χ0v) is 10.8. The second-order valence-corrected chi connectivity index (χ2v) is 4.21. The van der Waals surface area contributed by atoms with Crippen molar-refractivity contribution in [3.63, 3.8) is 0 Å². The molecule has 0 atom stereocenters. The van der Waals surface area contributed by atoms with Crippen molar-refractivity contribution >= 4 is 5.96 Å². The SMILES string of the molecule is CN(C)C(=NCc1ccc(C#N)cc1)N(C)C. The van der Waals surface area contributed by atoms with Crippen molar-refractivity contribution in [3.05, 3.63) is 35.4 Å². The van der Waals surface area contributed by atoms with Crippen molar-refractivity contribution in [2.24, 2.45) is 4.99 Å². The molecule has 0 aromatic heterocycles. The van der Waals surface area contributed by atoms with Crippen LogP contribution >= 0.6 is 0 Å². The minimum absolute atomic E-state index is 0.622. The monoisotopic (exact) mass is 230 g/mol. The lowest BCUT2D eigenvalue weighted by Gasteiger charge is -2.22. The lowest BCUT2D eigenvalue weighted by atomic mass is 10.1. The summed E-state index contributed by atoms with van der Waals surface area (Å²) in [6.45, 7) is 0.622. The highest BCUT2D eigenvalue weighted by molar-refractivity contribution is 5.79. The third-order valence-electron chi connectivity index (χ3n) is 2.29. The minimum atomic E-state index is 0.622. The summed E-state index contributed by atoms with van der Waals surface area (Å²) in [5.41, 5.74) is 1.78. The molecule has 90 valence electrons. The minimum Gasteiger partial charge on any atom is -0.349 e. The fraction of sp³-hybridized carbons (Fsp3) is 0.385. The Bertz CT molecular complexity index is 414. The molecule has 0 radical (unpaired) electrons. The number of nitriles is 1. The van der Waals surface area contributed by atoms with Crippen molar-refractivity contribution in [2.75, 3.05) is 28.2 Å². The Morgan fingerprint density at radius 3 is 2.06 bits per heavy atom. The summed E-state index contributed by atoms with van der Waals surface area (Å²) >= 11 is 0. The first kappa shape index (κ1) is 13.0. The van der Waals surface area contributed by atoms with Gasteiger partial charge in [-0.2, -0.15) is 5.26 Å². The predicted octanol–water partition coefficient (Wildman–Crippen LogP) is 1.54. The van der Waals surface area contributed by atoms with E-state index in [4.69, 9.17) is 5.26 Å². The normalized spacial score (nSPS) is 9.35. The molecule has 0 bridgehead atoms. The van der Waals surface area contributed by atoms with Crippen LogP contribution in [0.2, 0.25) is 0 Å². The standard InChI is InChI=1S/C13H18N4/c1-16(2)13(17(3)4)15-10-12-7-5-11(9-14)6-8-12/h5-8H,10H2,1-4H3. The summed E-state index contributed by atoms with van der Waals surface area (Å²) in [4.78, 5) is 8.49. The number of hydrogen-bond donors (Lipinski definition) is 0. The number of rotatable bonds is 2. The maximum absolute atomic E-state index is 8.70. The quantitative estimate of drug-likeness (QED) is 0.571. The summed E-state index contributed by atoms with van der Waals surface area (Å²) in [5.74, 6) is 0.925. The maximum Gasteiger partial charge on any atom is 0.195 e. The highest BCUT2D eigenvalue weighted by Crippen LogP contribution is 2.05. The van der Waals surface area contributed by atoms with Crippen LogP contribution in [0.3, 0.4) is 0 Å². The average Bonchev–Trinajstić information content (AvgIpc) is 2.29. The van der Waals surface area contributed by atoms with Crippen LogP contribution in [0.4, 0.5) is 0 Å². The molecule has 1 aromatic carbocycles. The van der Waals surface area contributed by atoms with E-state index in [-0.39, 0.29) is 0 Å². The molecular formula is C13H18N4. The molecule has 0 fully saturated rings. The van der Waals surface area contributed by atoms with E-state index in [9.17, 15) is 0 Å². The number of nitrogens with zero attached hydrogens (tertiary/aromatic N) is 4. The van der Waals surface area contributed by atoms with Crippen molar-refractivity contribution in [1.82, 2.24) is 9.80 Å². The van der Waals surface area contributed by atoms with Gasteiger partial charge < -0.3 is 9.80 Å². The molecular weight excluding hydrogens is 212 g/mol. The van der Waals surface area contributed by atoms with Crippen LogP contribution in [0.25, 0.3) is 0 Å². The number of benzene rings is 1. The van der Waals surface area contributed by atoms with E-state index in [2.05, 4.69) is 11.1 Å². The van der Waals surface area contributed by atoms with Crippen molar-refractivity contribution in [1.29, 1.82) is 5.26 Å². The van der Waals surface area contributed by atoms with E-state index in [1.807, 2.05) is 62.3 Å². The molecule has 0 spiro atoms. The fourth-order valence-corrected chi connectivity index (χ4v) is 1.53. The van der Waals surface area contributed by atoms with Crippen LogP contribution in [0.1, 0.15) is 11.1 Å². The largest absolute Gasteiger partial charge is 0.349 e. The first-order valence-corrected chi connectivity index (χ1v) is 5.42. The van der Waals surface area contributed by atoms with Gasteiger partial charge in [0.15, 0.2) is 5.96 Å². The van der Waals surface area contributed by atoms with Gasteiger partial charge in [0.05, 0.1) is 18.2 Å². The van der Waals surface area contributed by atoms with Gasteiger partial charge in [-0.05, 0) is 17.7 Å². The van der Waals surface area contributed by atoms with E-state index < -0.39 is 0 Å². The van der Waals surface area contributed by atoms with E-state index in [0.29, 0.717) is 12.1 Å². The Labute approximate surface area is 103 Å². The Morgan fingerprint density at radius 1 is 1.12 bits per heavy atom. The van der Waals surface area contributed by atoms with Crippen LogP contribution < -0.4 is 0 Å². The van der Waals surface area contributed by atoms with Crippen molar-refractivity contribution in [2.45, 2.75) is 6.54 Å². The van der Waals surface area contributed by atoms with E-state index in [1.54, 1.807) is 0 Å². The van der Waals surface area contributed by atoms with Crippen LogP contribution in [0, 0.1) is 11.3 Å². The summed E-state index contributed by atoms with van der Waals surface area (Å²) < 4.78 is 0. The zero-order valence-electron chi connectivity index (χ0n) is 10.8. The molecule has 4 heteroatoms. The van der Waals surface area contributed by atoms with Crippen LogP contribution in [-0.2, 0) is 6.54 Å². The van der Waals surface area contributed by atoms with Crippen LogP contribution in [-0.4, -0.2) is 44.0 Å². The Balaban J connectivity index is 2.77. The van der Waals surface area contributed by atoms with Gasteiger partial charge in [0.1, 0.15) is 0 Å². The van der Waals surface area contributed by atoms with Gasteiger partial charge >= 0.3 is 0 Å². The lowest BCUT2D eigenvalue weighted by Crippen LogP contribution is -2.35. The third kappa shape index (κ3) is 3.80. The first-order valence-electron chi connectivity index (χ1n) is 5.42. The van der Waals surface area contributed by atoms with Gasteiger partial charge in [-0.3, -0.25) is 0 Å². The van der Waals surface area contributed by atoms with Crippen LogP contribution in [0.15, 0.2) is 29.3 Å². The molecule has 1 rings (SSSR count). The summed E-state index contributed by atoms with van der Waals surface area (Å²) in [6, 6.07) is 9.60.